The van der Waals surface area contributed by atoms with Crippen molar-refractivity contribution in [3.8, 4) is 11.5 Å². The number of hydrogen-bond donors (Lipinski definition) is 1. The molecule has 0 radical (unpaired) electrons. The minimum atomic E-state index is -0.0329. The molecule has 0 unspecified atom stereocenters. The van der Waals surface area contributed by atoms with Crippen LogP contribution in [-0.2, 0) is 19.6 Å². The van der Waals surface area contributed by atoms with Gasteiger partial charge in [0, 0.05) is 31.2 Å². The summed E-state index contributed by atoms with van der Waals surface area (Å²) in [4.78, 5) is 27.3. The van der Waals surface area contributed by atoms with Crippen molar-refractivity contribution in [2.45, 2.75) is 52.4 Å². The summed E-state index contributed by atoms with van der Waals surface area (Å²) >= 11 is 0. The minimum Gasteiger partial charge on any atom is -0.354 e. The molecule has 0 saturated carbocycles. The SMILES string of the molecule is CCn1cnnc1-c1cccc(N2Cc3c(cc(N4CCC[C@@H]4C)nc3CNC)C2=O)n1. The van der Waals surface area contributed by atoms with Crippen molar-refractivity contribution in [3.63, 3.8) is 0 Å². The molecule has 166 valence electrons. The van der Waals surface area contributed by atoms with Crippen LogP contribution in [0, 0.1) is 0 Å². The van der Waals surface area contributed by atoms with E-state index in [-0.39, 0.29) is 5.91 Å². The first kappa shape index (κ1) is 20.6. The van der Waals surface area contributed by atoms with Crippen LogP contribution in [0.4, 0.5) is 11.6 Å². The minimum absolute atomic E-state index is 0.0329. The maximum absolute atomic E-state index is 13.5. The van der Waals surface area contributed by atoms with Crippen LogP contribution in [0.1, 0.15) is 48.3 Å². The van der Waals surface area contributed by atoms with Crippen LogP contribution in [0.2, 0.25) is 0 Å². The topological polar surface area (TPSA) is 92.1 Å². The fraction of sp³-hybridized carbons (Fsp3) is 0.435. The summed E-state index contributed by atoms with van der Waals surface area (Å²) in [6.45, 7) is 7.06. The number of amides is 1. The lowest BCUT2D eigenvalue weighted by molar-refractivity contribution is 0.0996. The van der Waals surface area contributed by atoms with Gasteiger partial charge in [0.25, 0.3) is 5.91 Å². The lowest BCUT2D eigenvalue weighted by Crippen LogP contribution is -2.28. The largest absolute Gasteiger partial charge is 0.354 e. The van der Waals surface area contributed by atoms with E-state index in [2.05, 4.69) is 27.3 Å². The Morgan fingerprint density at radius 3 is 2.84 bits per heavy atom. The van der Waals surface area contributed by atoms with Gasteiger partial charge in [-0.25, -0.2) is 9.97 Å². The average molecular weight is 433 g/mol. The zero-order valence-corrected chi connectivity index (χ0v) is 18.7. The van der Waals surface area contributed by atoms with E-state index >= 15 is 0 Å². The van der Waals surface area contributed by atoms with E-state index in [1.807, 2.05) is 42.8 Å². The van der Waals surface area contributed by atoms with Crippen molar-refractivity contribution in [2.75, 3.05) is 23.4 Å². The highest BCUT2D eigenvalue weighted by atomic mass is 16.2. The molecular weight excluding hydrogens is 404 g/mol. The molecule has 0 spiro atoms. The summed E-state index contributed by atoms with van der Waals surface area (Å²) in [5.74, 6) is 2.17. The highest BCUT2D eigenvalue weighted by molar-refractivity contribution is 6.10. The molecule has 0 bridgehead atoms. The van der Waals surface area contributed by atoms with Gasteiger partial charge in [0.05, 0.1) is 17.8 Å². The number of fused-ring (bicyclic) bond motifs is 1. The van der Waals surface area contributed by atoms with Gasteiger partial charge in [0.2, 0.25) is 0 Å². The number of pyridine rings is 2. The molecule has 1 atom stereocenters. The van der Waals surface area contributed by atoms with Gasteiger partial charge in [0.15, 0.2) is 5.82 Å². The van der Waals surface area contributed by atoms with Crippen LogP contribution >= 0.6 is 0 Å². The Kier molecular flexibility index (Phi) is 5.34. The van der Waals surface area contributed by atoms with E-state index in [1.165, 1.54) is 0 Å². The predicted octanol–water partition coefficient (Wildman–Crippen LogP) is 2.62. The number of anilines is 2. The van der Waals surface area contributed by atoms with E-state index in [4.69, 9.17) is 9.97 Å². The fourth-order valence-corrected chi connectivity index (χ4v) is 4.65. The van der Waals surface area contributed by atoms with Gasteiger partial charge >= 0.3 is 0 Å². The van der Waals surface area contributed by atoms with Crippen molar-refractivity contribution in [1.29, 1.82) is 0 Å². The molecule has 2 aliphatic rings. The van der Waals surface area contributed by atoms with Gasteiger partial charge in [0.1, 0.15) is 23.7 Å². The van der Waals surface area contributed by atoms with Gasteiger partial charge < -0.3 is 14.8 Å². The van der Waals surface area contributed by atoms with Crippen molar-refractivity contribution in [1.82, 2.24) is 30.0 Å². The first-order valence-electron chi connectivity index (χ1n) is 11.2. The van der Waals surface area contributed by atoms with Crippen LogP contribution in [0.25, 0.3) is 11.5 Å². The Labute approximate surface area is 187 Å². The Morgan fingerprint density at radius 1 is 1.22 bits per heavy atom. The highest BCUT2D eigenvalue weighted by Crippen LogP contribution is 2.34. The second-order valence-electron chi connectivity index (χ2n) is 8.38. The van der Waals surface area contributed by atoms with Gasteiger partial charge in [-0.2, -0.15) is 0 Å². The Bertz CT molecular complexity index is 1160. The summed E-state index contributed by atoms with van der Waals surface area (Å²) in [7, 11) is 1.91. The number of hydrogen-bond acceptors (Lipinski definition) is 7. The molecule has 2 aliphatic heterocycles. The van der Waals surface area contributed by atoms with E-state index < -0.39 is 0 Å². The molecule has 3 aromatic heterocycles. The molecule has 1 N–H and O–H groups in total. The van der Waals surface area contributed by atoms with Crippen LogP contribution in [0.15, 0.2) is 30.6 Å². The summed E-state index contributed by atoms with van der Waals surface area (Å²) < 4.78 is 1.94. The summed E-state index contributed by atoms with van der Waals surface area (Å²) in [6.07, 6.45) is 4.00. The third-order valence-corrected chi connectivity index (χ3v) is 6.38. The van der Waals surface area contributed by atoms with E-state index in [0.29, 0.717) is 36.5 Å². The summed E-state index contributed by atoms with van der Waals surface area (Å²) in [5.41, 5.74) is 3.33. The molecule has 1 amide bonds. The molecule has 1 saturated heterocycles. The molecule has 0 aliphatic carbocycles. The number of rotatable bonds is 6. The number of aromatic nitrogens is 5. The first-order valence-corrected chi connectivity index (χ1v) is 11.2. The Morgan fingerprint density at radius 2 is 2.09 bits per heavy atom. The molecule has 9 nitrogen and oxygen atoms in total. The maximum atomic E-state index is 13.5. The monoisotopic (exact) mass is 432 g/mol. The summed E-state index contributed by atoms with van der Waals surface area (Å²) in [6, 6.07) is 8.08. The van der Waals surface area contributed by atoms with Crippen molar-refractivity contribution >= 4 is 17.5 Å². The first-order chi connectivity index (χ1) is 15.6. The Balaban J connectivity index is 1.52. The lowest BCUT2D eigenvalue weighted by Gasteiger charge is -2.24. The Hall–Kier alpha value is -3.33. The number of carbonyl (C=O) groups is 1. The number of aryl methyl sites for hydroxylation is 1. The highest BCUT2D eigenvalue weighted by Gasteiger charge is 2.34. The van der Waals surface area contributed by atoms with Crippen molar-refractivity contribution < 1.29 is 4.79 Å². The molecule has 5 rings (SSSR count). The smallest absolute Gasteiger partial charge is 0.260 e. The quantitative estimate of drug-likeness (QED) is 0.640. The maximum Gasteiger partial charge on any atom is 0.260 e. The van der Waals surface area contributed by atoms with Gasteiger partial charge in [-0.05, 0) is 51.9 Å². The van der Waals surface area contributed by atoms with E-state index in [0.717, 1.165) is 48.6 Å². The van der Waals surface area contributed by atoms with E-state index in [9.17, 15) is 4.79 Å². The molecule has 9 heteroatoms. The van der Waals surface area contributed by atoms with Crippen molar-refractivity contribution in [2.24, 2.45) is 0 Å². The third-order valence-electron chi connectivity index (χ3n) is 6.38. The number of nitrogens with one attached hydrogen (secondary N) is 1. The predicted molar refractivity (Wildman–Crippen MR) is 122 cm³/mol. The molecular formula is C23H28N8O. The van der Waals surface area contributed by atoms with Gasteiger partial charge in [-0.3, -0.25) is 9.69 Å². The van der Waals surface area contributed by atoms with Crippen LogP contribution < -0.4 is 15.1 Å². The second-order valence-corrected chi connectivity index (χ2v) is 8.38. The molecule has 5 heterocycles. The summed E-state index contributed by atoms with van der Waals surface area (Å²) in [5, 5.41) is 11.4. The van der Waals surface area contributed by atoms with Gasteiger partial charge in [-0.15, -0.1) is 10.2 Å². The normalized spacial score (nSPS) is 18.0. The van der Waals surface area contributed by atoms with Crippen LogP contribution in [-0.4, -0.2) is 50.3 Å². The molecule has 0 aromatic carbocycles. The molecule has 3 aromatic rings. The average Bonchev–Trinajstić information content (AvgIpc) is 3.53. The van der Waals surface area contributed by atoms with Crippen LogP contribution in [0.3, 0.4) is 0 Å². The molecule has 32 heavy (non-hydrogen) atoms. The lowest BCUT2D eigenvalue weighted by atomic mass is 10.1. The van der Waals surface area contributed by atoms with Crippen molar-refractivity contribution in [3.05, 3.63) is 47.4 Å². The molecule has 1 fully saturated rings. The number of nitrogens with zero attached hydrogens (tertiary/aromatic N) is 7. The second kappa shape index (κ2) is 8.31. The third kappa shape index (κ3) is 3.42. The number of carbonyl (C=O) groups excluding carboxylic acids is 1. The van der Waals surface area contributed by atoms with E-state index in [1.54, 1.807) is 11.2 Å². The van der Waals surface area contributed by atoms with Gasteiger partial charge in [-0.1, -0.05) is 6.07 Å². The van der Waals surface area contributed by atoms with Crippen LogP contribution in [0.5, 0.6) is 0 Å². The standard InChI is InChI=1S/C23H28N8O/c1-4-29-14-25-28-22(29)18-8-5-9-20(26-18)31-13-17-16(23(31)32)11-21(27-19(17)12-24-3)30-10-6-7-15(30)2/h5,8-9,11,14-15,24H,4,6-7,10,12-13H2,1-3H3/t15-/m0/s1. The zero-order chi connectivity index (χ0) is 22.2. The zero-order valence-electron chi connectivity index (χ0n) is 18.7. The fourth-order valence-electron chi connectivity index (χ4n) is 4.65.